The van der Waals surface area contributed by atoms with Gasteiger partial charge in [0.1, 0.15) is 23.2 Å². The molecule has 4 rings (SSSR count). The average molecular weight is 586 g/mol. The summed E-state index contributed by atoms with van der Waals surface area (Å²) in [6, 6.07) is 7.79. The average Bonchev–Trinajstić information content (AvgIpc) is 3.45. The lowest BCUT2D eigenvalue weighted by Gasteiger charge is -2.30. The first-order valence-corrected chi connectivity index (χ1v) is 14.7. The van der Waals surface area contributed by atoms with Gasteiger partial charge >= 0.3 is 12.1 Å². The molecule has 0 aromatic heterocycles. The third-order valence-electron chi connectivity index (χ3n) is 7.53. The van der Waals surface area contributed by atoms with Crippen LogP contribution in [0.15, 0.2) is 42.5 Å². The SMILES string of the molecule is CCOC(=O)[C@@]12C[C@H]1/C=C\COCCC[C@H](NC(=O)OC(C)(C)C)C(=O)N1C[C@H](OCc3ccccc3)C[C@H]1C(=O)N2. The van der Waals surface area contributed by atoms with Gasteiger partial charge in [-0.1, -0.05) is 42.5 Å². The summed E-state index contributed by atoms with van der Waals surface area (Å²) < 4.78 is 22.6. The van der Waals surface area contributed by atoms with Crippen LogP contribution in [0.4, 0.5) is 4.79 Å². The Kier molecular flexibility index (Phi) is 10.3. The molecule has 1 saturated heterocycles. The fraction of sp³-hybridized carbons (Fsp3) is 0.613. The molecule has 3 aliphatic rings. The molecule has 11 heteroatoms. The zero-order valence-corrected chi connectivity index (χ0v) is 24.9. The Balaban J connectivity index is 1.59. The number of benzene rings is 1. The molecular weight excluding hydrogens is 542 g/mol. The molecule has 230 valence electrons. The number of esters is 1. The standard InChI is InChI=1S/C31H43N3O8/c1-5-40-28(37)31-18-22(31)13-9-15-39-16-10-14-24(32-29(38)42-30(2,3)4)27(36)34-19-23(17-25(34)26(35)33-31)41-20-21-11-7-6-8-12-21/h6-9,11-13,22-25H,5,10,14-20H2,1-4H3,(H,32,38)(H,33,35)/b13-9-/t22-,23-,24+,25+,31-/m1/s1. The van der Waals surface area contributed by atoms with Gasteiger partial charge in [0, 0.05) is 25.5 Å². The van der Waals surface area contributed by atoms with E-state index in [-0.39, 0.29) is 31.9 Å². The van der Waals surface area contributed by atoms with Crippen LogP contribution in [0.2, 0.25) is 0 Å². The molecule has 0 bridgehead atoms. The summed E-state index contributed by atoms with van der Waals surface area (Å²) in [5, 5.41) is 5.64. The number of carbonyl (C=O) groups is 4. The zero-order valence-electron chi connectivity index (χ0n) is 24.9. The zero-order chi connectivity index (χ0) is 30.3. The normalized spacial score (nSPS) is 29.2. The van der Waals surface area contributed by atoms with E-state index >= 15 is 0 Å². The number of hydrogen-bond donors (Lipinski definition) is 2. The molecule has 11 nitrogen and oxygen atoms in total. The van der Waals surface area contributed by atoms with Crippen molar-refractivity contribution in [3.8, 4) is 0 Å². The van der Waals surface area contributed by atoms with Crippen molar-refractivity contribution < 1.29 is 38.1 Å². The molecule has 1 saturated carbocycles. The molecule has 2 aliphatic heterocycles. The molecule has 1 aliphatic carbocycles. The Labute approximate surface area is 247 Å². The van der Waals surface area contributed by atoms with E-state index in [4.69, 9.17) is 18.9 Å². The van der Waals surface area contributed by atoms with E-state index in [2.05, 4.69) is 10.6 Å². The van der Waals surface area contributed by atoms with Crippen molar-refractivity contribution in [3.63, 3.8) is 0 Å². The Morgan fingerprint density at radius 1 is 1.19 bits per heavy atom. The van der Waals surface area contributed by atoms with Gasteiger partial charge in [-0.25, -0.2) is 9.59 Å². The number of alkyl carbamates (subject to hydrolysis) is 1. The molecule has 1 aromatic rings. The molecule has 1 aromatic carbocycles. The van der Waals surface area contributed by atoms with Crippen LogP contribution in [0.25, 0.3) is 0 Å². The summed E-state index contributed by atoms with van der Waals surface area (Å²) in [4.78, 5) is 55.0. The van der Waals surface area contributed by atoms with Gasteiger partial charge in [0.25, 0.3) is 0 Å². The van der Waals surface area contributed by atoms with E-state index in [0.29, 0.717) is 32.7 Å². The fourth-order valence-corrected chi connectivity index (χ4v) is 5.38. The van der Waals surface area contributed by atoms with Crippen molar-refractivity contribution in [1.29, 1.82) is 0 Å². The highest BCUT2D eigenvalue weighted by Crippen LogP contribution is 2.46. The van der Waals surface area contributed by atoms with Gasteiger partial charge in [0.15, 0.2) is 0 Å². The van der Waals surface area contributed by atoms with Gasteiger partial charge < -0.3 is 34.5 Å². The number of carbonyl (C=O) groups excluding carboxylic acids is 4. The lowest BCUT2D eigenvalue weighted by atomic mass is 10.1. The highest BCUT2D eigenvalue weighted by Gasteiger charge is 2.62. The first kappa shape index (κ1) is 31.5. The number of nitrogens with zero attached hydrogens (tertiary/aromatic N) is 1. The Morgan fingerprint density at radius 2 is 1.95 bits per heavy atom. The molecule has 5 atom stereocenters. The summed E-state index contributed by atoms with van der Waals surface area (Å²) in [6.07, 6.45) is 3.97. The molecule has 0 unspecified atom stereocenters. The van der Waals surface area contributed by atoms with Crippen molar-refractivity contribution in [2.45, 2.75) is 89.3 Å². The summed E-state index contributed by atoms with van der Waals surface area (Å²) >= 11 is 0. The minimum absolute atomic E-state index is 0.155. The molecule has 2 heterocycles. The van der Waals surface area contributed by atoms with Crippen LogP contribution in [0.1, 0.15) is 58.9 Å². The van der Waals surface area contributed by atoms with E-state index in [1.54, 1.807) is 27.7 Å². The van der Waals surface area contributed by atoms with Crippen LogP contribution >= 0.6 is 0 Å². The summed E-state index contributed by atoms with van der Waals surface area (Å²) in [7, 11) is 0. The lowest BCUT2D eigenvalue weighted by Crippen LogP contribution is -2.56. The summed E-state index contributed by atoms with van der Waals surface area (Å²) in [5.41, 5.74) is -0.983. The van der Waals surface area contributed by atoms with E-state index in [1.807, 2.05) is 42.5 Å². The number of hydrogen-bond acceptors (Lipinski definition) is 8. The molecule has 2 fully saturated rings. The van der Waals surface area contributed by atoms with Crippen LogP contribution in [-0.4, -0.2) is 84.5 Å². The summed E-state index contributed by atoms with van der Waals surface area (Å²) in [6.45, 7) is 8.27. The van der Waals surface area contributed by atoms with Gasteiger partial charge in [-0.2, -0.15) is 0 Å². The molecule has 3 amide bonds. The van der Waals surface area contributed by atoms with Crippen molar-refractivity contribution in [2.75, 3.05) is 26.4 Å². The van der Waals surface area contributed by atoms with Crippen LogP contribution in [0.3, 0.4) is 0 Å². The van der Waals surface area contributed by atoms with Crippen molar-refractivity contribution in [3.05, 3.63) is 48.0 Å². The Bertz CT molecular complexity index is 1150. The van der Waals surface area contributed by atoms with Crippen LogP contribution < -0.4 is 10.6 Å². The van der Waals surface area contributed by atoms with E-state index in [0.717, 1.165) is 5.56 Å². The van der Waals surface area contributed by atoms with Crippen molar-refractivity contribution in [2.24, 2.45) is 5.92 Å². The topological polar surface area (TPSA) is 132 Å². The third kappa shape index (κ3) is 8.10. The van der Waals surface area contributed by atoms with E-state index in [1.165, 1.54) is 4.90 Å². The van der Waals surface area contributed by atoms with Gasteiger partial charge in [0.05, 0.1) is 25.9 Å². The maximum absolute atomic E-state index is 14.0. The predicted octanol–water partition coefficient (Wildman–Crippen LogP) is 2.87. The number of ether oxygens (including phenoxy) is 4. The monoisotopic (exact) mass is 585 g/mol. The third-order valence-corrected chi connectivity index (χ3v) is 7.53. The van der Waals surface area contributed by atoms with E-state index in [9.17, 15) is 19.2 Å². The smallest absolute Gasteiger partial charge is 0.408 e. The number of amides is 3. The van der Waals surface area contributed by atoms with Crippen LogP contribution in [-0.2, 0) is 39.9 Å². The number of fused-ring (bicyclic) bond motifs is 2. The van der Waals surface area contributed by atoms with E-state index < -0.39 is 53.2 Å². The fourth-order valence-electron chi connectivity index (χ4n) is 5.38. The first-order chi connectivity index (χ1) is 20.0. The van der Waals surface area contributed by atoms with Crippen LogP contribution in [0.5, 0.6) is 0 Å². The Hall–Kier alpha value is -3.44. The Morgan fingerprint density at radius 3 is 2.67 bits per heavy atom. The molecule has 2 N–H and O–H groups in total. The van der Waals surface area contributed by atoms with Crippen LogP contribution in [0, 0.1) is 5.92 Å². The lowest BCUT2D eigenvalue weighted by molar-refractivity contribution is -0.150. The molecule has 42 heavy (non-hydrogen) atoms. The molecule has 0 spiro atoms. The molecule has 0 radical (unpaired) electrons. The molecular formula is C31H43N3O8. The number of rotatable bonds is 6. The summed E-state index contributed by atoms with van der Waals surface area (Å²) in [5.74, 6) is -1.63. The highest BCUT2D eigenvalue weighted by atomic mass is 16.6. The van der Waals surface area contributed by atoms with Crippen molar-refractivity contribution >= 4 is 23.9 Å². The second kappa shape index (κ2) is 13.7. The number of nitrogens with one attached hydrogen (secondary N) is 2. The van der Waals surface area contributed by atoms with Crippen molar-refractivity contribution in [1.82, 2.24) is 15.5 Å². The highest BCUT2D eigenvalue weighted by molar-refractivity contribution is 5.96. The second-order valence-corrected chi connectivity index (χ2v) is 12.0. The second-order valence-electron chi connectivity index (χ2n) is 12.0. The first-order valence-electron chi connectivity index (χ1n) is 14.7. The van der Waals surface area contributed by atoms with Gasteiger partial charge in [-0.3, -0.25) is 9.59 Å². The van der Waals surface area contributed by atoms with Gasteiger partial charge in [-0.05, 0) is 52.5 Å². The predicted molar refractivity (Wildman–Crippen MR) is 153 cm³/mol. The maximum Gasteiger partial charge on any atom is 0.408 e. The minimum atomic E-state index is -1.20. The maximum atomic E-state index is 14.0. The minimum Gasteiger partial charge on any atom is -0.464 e. The van der Waals surface area contributed by atoms with Gasteiger partial charge in [-0.15, -0.1) is 0 Å². The van der Waals surface area contributed by atoms with Gasteiger partial charge in [0.2, 0.25) is 11.8 Å². The quantitative estimate of drug-likeness (QED) is 0.385. The largest absolute Gasteiger partial charge is 0.464 e.